The van der Waals surface area contributed by atoms with Crippen molar-refractivity contribution in [1.29, 1.82) is 0 Å². The summed E-state index contributed by atoms with van der Waals surface area (Å²) in [6.45, 7) is 5.66. The fraction of sp³-hybridized carbons (Fsp3) is 0.672. The second-order valence-electron chi connectivity index (χ2n) is 18.8. The average Bonchev–Trinajstić information content (AvgIpc) is 3.37. The molecule has 0 aromatic carbocycles. The Hall–Kier alpha value is -4.36. The van der Waals surface area contributed by atoms with E-state index in [9.17, 15) is 34.5 Å². The lowest BCUT2D eigenvalue weighted by molar-refractivity contribution is -0.301. The van der Waals surface area contributed by atoms with Gasteiger partial charge in [0, 0.05) is 19.3 Å². The van der Waals surface area contributed by atoms with Crippen molar-refractivity contribution in [2.75, 3.05) is 13.2 Å². The molecule has 0 spiro atoms. The maximum absolute atomic E-state index is 13.1. The van der Waals surface area contributed by atoms with Crippen LogP contribution in [-0.2, 0) is 42.9 Å². The van der Waals surface area contributed by atoms with Crippen LogP contribution in [0.25, 0.3) is 0 Å². The SMILES string of the molecule is CC/C=C\C/C=C\C/C=C\C/C=C\CCCCCCCCC(=O)OCC(COC1OC(C(=O)O)C(O)C(O)C1OC(=O)CCCCCCC/C=C\CCCC)OC(=O)CCCCC/C=C\C/C=C\C/C=C\CC. The summed E-state index contributed by atoms with van der Waals surface area (Å²) >= 11 is 0. The Balaban J connectivity index is 2.72. The number of ether oxygens (including phenoxy) is 5. The van der Waals surface area contributed by atoms with Crippen molar-refractivity contribution in [3.8, 4) is 0 Å². The molecular weight excluding hydrogens is 925 g/mol. The van der Waals surface area contributed by atoms with Crippen molar-refractivity contribution in [2.45, 2.75) is 250 Å². The van der Waals surface area contributed by atoms with Crippen LogP contribution < -0.4 is 0 Å². The summed E-state index contributed by atoms with van der Waals surface area (Å²) in [5.41, 5.74) is 0. The Labute approximate surface area is 441 Å². The number of aliphatic hydroxyl groups excluding tert-OH is 2. The number of allylic oxidation sites excluding steroid dienone is 16. The Bertz CT molecular complexity index is 1640. The number of carboxylic acid groups (broad SMARTS) is 1. The maximum Gasteiger partial charge on any atom is 0.335 e. The zero-order chi connectivity index (χ0) is 53.3. The van der Waals surface area contributed by atoms with Crippen molar-refractivity contribution in [1.82, 2.24) is 0 Å². The highest BCUT2D eigenvalue weighted by Gasteiger charge is 2.50. The van der Waals surface area contributed by atoms with Crippen molar-refractivity contribution in [3.05, 3.63) is 97.2 Å². The molecular formula is C61H98O12. The fourth-order valence-electron chi connectivity index (χ4n) is 7.82. The molecule has 12 nitrogen and oxygen atoms in total. The van der Waals surface area contributed by atoms with Gasteiger partial charge < -0.3 is 39.0 Å². The molecule has 12 heteroatoms. The van der Waals surface area contributed by atoms with Crippen LogP contribution in [0.3, 0.4) is 0 Å². The number of carbonyl (C=O) groups is 4. The first-order chi connectivity index (χ1) is 35.6. The quantitative estimate of drug-likeness (QED) is 0.0228. The van der Waals surface area contributed by atoms with E-state index in [0.29, 0.717) is 19.3 Å². The van der Waals surface area contributed by atoms with Crippen LogP contribution in [0.15, 0.2) is 97.2 Å². The van der Waals surface area contributed by atoms with E-state index in [1.807, 2.05) is 0 Å². The first-order valence-electron chi connectivity index (χ1n) is 28.2. The van der Waals surface area contributed by atoms with Gasteiger partial charge in [-0.15, -0.1) is 0 Å². The lowest BCUT2D eigenvalue weighted by atomic mass is 9.98. The number of carboxylic acids is 1. The van der Waals surface area contributed by atoms with Crippen LogP contribution >= 0.6 is 0 Å². The number of unbranched alkanes of at least 4 members (excludes halogenated alkanes) is 16. The number of carbonyl (C=O) groups excluding carboxylic acids is 3. The normalized spacial score (nSPS) is 19.1. The first kappa shape index (κ1) is 66.7. The van der Waals surface area contributed by atoms with Gasteiger partial charge in [-0.2, -0.15) is 0 Å². The minimum atomic E-state index is -1.91. The molecule has 0 saturated carbocycles. The minimum Gasteiger partial charge on any atom is -0.479 e. The Morgan fingerprint density at radius 2 is 0.863 bits per heavy atom. The van der Waals surface area contributed by atoms with Gasteiger partial charge in [0.1, 0.15) is 18.8 Å². The van der Waals surface area contributed by atoms with Gasteiger partial charge in [-0.3, -0.25) is 14.4 Å². The first-order valence-corrected chi connectivity index (χ1v) is 28.2. The molecule has 0 bridgehead atoms. The van der Waals surface area contributed by atoms with E-state index in [1.54, 1.807) is 0 Å². The number of aliphatic hydroxyl groups is 2. The predicted molar refractivity (Wildman–Crippen MR) is 294 cm³/mol. The molecule has 73 heavy (non-hydrogen) atoms. The Morgan fingerprint density at radius 1 is 0.466 bits per heavy atom. The van der Waals surface area contributed by atoms with Crippen LogP contribution in [-0.4, -0.2) is 89.2 Å². The second-order valence-corrected chi connectivity index (χ2v) is 18.8. The van der Waals surface area contributed by atoms with Gasteiger partial charge in [-0.25, -0.2) is 4.79 Å². The van der Waals surface area contributed by atoms with Crippen LogP contribution in [0.4, 0.5) is 0 Å². The van der Waals surface area contributed by atoms with Gasteiger partial charge >= 0.3 is 23.9 Å². The number of esters is 3. The smallest absolute Gasteiger partial charge is 0.335 e. The van der Waals surface area contributed by atoms with Gasteiger partial charge in [0.15, 0.2) is 24.6 Å². The summed E-state index contributed by atoms with van der Waals surface area (Å²) in [7, 11) is 0. The van der Waals surface area contributed by atoms with E-state index in [0.717, 1.165) is 141 Å². The van der Waals surface area contributed by atoms with Crippen LogP contribution in [0.2, 0.25) is 0 Å². The summed E-state index contributed by atoms with van der Waals surface area (Å²) in [6, 6.07) is 0. The summed E-state index contributed by atoms with van der Waals surface area (Å²) in [4.78, 5) is 51.0. The third kappa shape index (κ3) is 38.8. The molecule has 1 saturated heterocycles. The third-order valence-corrected chi connectivity index (χ3v) is 12.1. The molecule has 0 aliphatic carbocycles. The van der Waals surface area contributed by atoms with E-state index in [1.165, 1.54) is 12.8 Å². The highest BCUT2D eigenvalue weighted by Crippen LogP contribution is 2.26. The third-order valence-electron chi connectivity index (χ3n) is 12.1. The van der Waals surface area contributed by atoms with Gasteiger partial charge in [0.05, 0.1) is 6.61 Å². The molecule has 0 aromatic rings. The second kappa shape index (κ2) is 48.6. The Morgan fingerprint density at radius 3 is 1.34 bits per heavy atom. The molecule has 1 fully saturated rings. The topological polar surface area (TPSA) is 175 Å². The highest BCUT2D eigenvalue weighted by atomic mass is 16.7. The van der Waals surface area contributed by atoms with Crippen molar-refractivity contribution >= 4 is 23.9 Å². The maximum atomic E-state index is 13.1. The number of hydrogen-bond acceptors (Lipinski definition) is 11. The van der Waals surface area contributed by atoms with E-state index in [-0.39, 0.29) is 25.9 Å². The van der Waals surface area contributed by atoms with Gasteiger partial charge in [-0.05, 0) is 109 Å². The number of hydrogen-bond donors (Lipinski definition) is 3. The zero-order valence-corrected chi connectivity index (χ0v) is 45.3. The van der Waals surface area contributed by atoms with E-state index in [2.05, 4.69) is 118 Å². The van der Waals surface area contributed by atoms with Crippen molar-refractivity contribution in [3.63, 3.8) is 0 Å². The zero-order valence-electron chi connectivity index (χ0n) is 45.3. The molecule has 1 aliphatic rings. The molecule has 1 heterocycles. The molecule has 3 N–H and O–H groups in total. The molecule has 414 valence electrons. The monoisotopic (exact) mass is 1020 g/mol. The Kier molecular flexibility index (Phi) is 44.4. The molecule has 6 atom stereocenters. The average molecular weight is 1020 g/mol. The molecule has 1 rings (SSSR count). The molecule has 0 amide bonds. The number of aliphatic carboxylic acids is 1. The number of rotatable bonds is 46. The van der Waals surface area contributed by atoms with Crippen molar-refractivity contribution in [2.24, 2.45) is 0 Å². The lowest BCUT2D eigenvalue weighted by Crippen LogP contribution is -2.61. The largest absolute Gasteiger partial charge is 0.479 e. The summed E-state index contributed by atoms with van der Waals surface area (Å²) in [5, 5.41) is 31.4. The highest BCUT2D eigenvalue weighted by molar-refractivity contribution is 5.74. The summed E-state index contributed by atoms with van der Waals surface area (Å²) < 4.78 is 28.3. The molecule has 6 unspecified atom stereocenters. The summed E-state index contributed by atoms with van der Waals surface area (Å²) in [5.74, 6) is -3.20. The van der Waals surface area contributed by atoms with Crippen LogP contribution in [0, 0.1) is 0 Å². The van der Waals surface area contributed by atoms with Crippen LogP contribution in [0.5, 0.6) is 0 Å². The van der Waals surface area contributed by atoms with Gasteiger partial charge in [0.2, 0.25) is 0 Å². The molecule has 0 aromatic heterocycles. The van der Waals surface area contributed by atoms with Gasteiger partial charge in [0.25, 0.3) is 0 Å². The lowest BCUT2D eigenvalue weighted by Gasteiger charge is -2.40. The van der Waals surface area contributed by atoms with Crippen LogP contribution in [0.1, 0.15) is 213 Å². The predicted octanol–water partition coefficient (Wildman–Crippen LogP) is 14.1. The summed E-state index contributed by atoms with van der Waals surface area (Å²) in [6.07, 6.45) is 51.1. The standard InChI is InChI=1S/C61H98O12/c1-4-7-10-13-16-19-22-24-25-26-27-28-29-31-33-35-38-41-44-47-53(62)69-50-52(71-54(63)48-45-42-39-37-34-30-23-20-17-14-11-8-5-2)51-70-61-59(57(66)56(65)58(73-61)60(67)68)72-55(64)49-46-43-40-36-32-21-18-15-12-9-6-3/h7-8,10-11,15-20,24-25,27-28,30,34,52,56-59,61,65-66H,4-6,9,12-14,21-23,26,29,31-33,35-51H2,1-3H3,(H,67,68)/b10-7-,11-8-,18-15-,19-16-,20-17-,25-24-,28-27-,34-30-. The minimum absolute atomic E-state index is 0.0407. The van der Waals surface area contributed by atoms with Gasteiger partial charge in [-0.1, -0.05) is 182 Å². The van der Waals surface area contributed by atoms with Crippen molar-refractivity contribution < 1.29 is 58.2 Å². The van der Waals surface area contributed by atoms with E-state index < -0.39 is 67.3 Å². The van der Waals surface area contributed by atoms with E-state index >= 15 is 0 Å². The molecule has 1 aliphatic heterocycles. The van der Waals surface area contributed by atoms with E-state index in [4.69, 9.17) is 23.7 Å². The molecule has 0 radical (unpaired) electrons. The fourth-order valence-corrected chi connectivity index (χ4v) is 7.82.